The van der Waals surface area contributed by atoms with E-state index in [-0.39, 0.29) is 30.5 Å². The molecular formula is C18H28O5. The van der Waals surface area contributed by atoms with Gasteiger partial charge < -0.3 is 15.3 Å². The number of aliphatic hydroxyl groups is 2. The number of carbonyl (C=O) groups excluding carboxylic acids is 1. The molecule has 0 radical (unpaired) electrons. The van der Waals surface area contributed by atoms with Crippen LogP contribution >= 0.6 is 0 Å². The van der Waals surface area contributed by atoms with Crippen LogP contribution in [0.4, 0.5) is 0 Å². The summed E-state index contributed by atoms with van der Waals surface area (Å²) in [5.74, 6) is -1.29. The maximum atomic E-state index is 12.0. The summed E-state index contributed by atoms with van der Waals surface area (Å²) >= 11 is 0. The van der Waals surface area contributed by atoms with Gasteiger partial charge in [0.2, 0.25) is 0 Å². The van der Waals surface area contributed by atoms with E-state index in [1.54, 1.807) is 12.2 Å². The van der Waals surface area contributed by atoms with Crippen LogP contribution in [0.2, 0.25) is 0 Å². The first-order valence-corrected chi connectivity index (χ1v) is 8.39. The minimum Gasteiger partial charge on any atom is -0.481 e. The number of Topliss-reactive ketones (excluding diaryl/α,β-unsaturated/α-hetero) is 1. The number of aliphatic hydroxyl groups excluding tert-OH is 2. The number of unbranched alkanes of at least 4 members (excludes halogenated alkanes) is 1. The van der Waals surface area contributed by atoms with Crippen molar-refractivity contribution in [3.63, 3.8) is 0 Å². The van der Waals surface area contributed by atoms with Gasteiger partial charge in [0.1, 0.15) is 5.78 Å². The molecule has 1 aliphatic rings. The first-order valence-electron chi connectivity index (χ1n) is 8.39. The van der Waals surface area contributed by atoms with Crippen molar-refractivity contribution in [3.05, 3.63) is 24.3 Å². The third-order valence-electron chi connectivity index (χ3n) is 4.23. The zero-order valence-corrected chi connectivity index (χ0v) is 13.7. The van der Waals surface area contributed by atoms with Gasteiger partial charge in [0.25, 0.3) is 0 Å². The van der Waals surface area contributed by atoms with Crippen molar-refractivity contribution in [1.29, 1.82) is 0 Å². The number of hydrogen-bond donors (Lipinski definition) is 3. The van der Waals surface area contributed by atoms with Crippen LogP contribution in [-0.2, 0) is 9.59 Å². The van der Waals surface area contributed by atoms with Gasteiger partial charge in [-0.05, 0) is 32.1 Å². The molecule has 5 heteroatoms. The Labute approximate surface area is 137 Å². The summed E-state index contributed by atoms with van der Waals surface area (Å²) < 4.78 is 0. The smallest absolute Gasteiger partial charge is 0.303 e. The van der Waals surface area contributed by atoms with E-state index in [0.717, 1.165) is 6.42 Å². The molecule has 130 valence electrons. The number of carbonyl (C=O) groups is 2. The average Bonchev–Trinajstić information content (AvgIpc) is 2.75. The highest BCUT2D eigenvalue weighted by Gasteiger charge is 2.39. The molecule has 1 aliphatic carbocycles. The Bertz CT molecular complexity index is 441. The van der Waals surface area contributed by atoms with Crippen LogP contribution in [0, 0.1) is 11.8 Å². The fraction of sp³-hybridized carbons (Fsp3) is 0.667. The van der Waals surface area contributed by atoms with Crippen molar-refractivity contribution in [3.8, 4) is 0 Å². The quantitative estimate of drug-likeness (QED) is 0.424. The van der Waals surface area contributed by atoms with Gasteiger partial charge in [-0.1, -0.05) is 31.2 Å². The van der Waals surface area contributed by atoms with E-state index >= 15 is 0 Å². The first kappa shape index (κ1) is 19.6. The van der Waals surface area contributed by atoms with Gasteiger partial charge in [0.05, 0.1) is 12.2 Å². The second-order valence-electron chi connectivity index (χ2n) is 6.13. The number of rotatable bonds is 10. The summed E-state index contributed by atoms with van der Waals surface area (Å²) in [6.45, 7) is 2.03. The standard InChI is InChI=1S/C18H28O5/c1-2-3-4-8-14-15(17(21)12-16(14)20)11-10-13(19)7-5-6-9-18(22)23/h3-4,10-11,13-16,19-20H,2,5-9,12H2,1H3,(H,22,23)/b4-3-,11-10+/t13-,14-,15+,16+/m1/s1. The number of hydrogen-bond acceptors (Lipinski definition) is 4. The van der Waals surface area contributed by atoms with Crippen molar-refractivity contribution in [1.82, 2.24) is 0 Å². The Morgan fingerprint density at radius 1 is 1.35 bits per heavy atom. The molecule has 0 amide bonds. The summed E-state index contributed by atoms with van der Waals surface area (Å²) in [6.07, 6.45) is 9.54. The van der Waals surface area contributed by atoms with Crippen molar-refractivity contribution in [2.24, 2.45) is 11.8 Å². The molecule has 3 N–H and O–H groups in total. The van der Waals surface area contributed by atoms with Gasteiger partial charge in [0.15, 0.2) is 0 Å². The predicted molar refractivity (Wildman–Crippen MR) is 87.9 cm³/mol. The van der Waals surface area contributed by atoms with Gasteiger partial charge in [-0.3, -0.25) is 9.59 Å². The van der Waals surface area contributed by atoms with Crippen LogP contribution in [0.15, 0.2) is 24.3 Å². The minimum absolute atomic E-state index is 0.0155. The van der Waals surface area contributed by atoms with E-state index in [2.05, 4.69) is 0 Å². The fourth-order valence-corrected chi connectivity index (χ4v) is 2.92. The summed E-state index contributed by atoms with van der Waals surface area (Å²) in [4.78, 5) is 22.4. The Kier molecular flexibility index (Phi) is 8.81. The van der Waals surface area contributed by atoms with Gasteiger partial charge >= 0.3 is 5.97 Å². The molecule has 0 heterocycles. The normalized spacial score (nSPS) is 26.4. The van der Waals surface area contributed by atoms with E-state index in [4.69, 9.17) is 5.11 Å². The highest BCUT2D eigenvalue weighted by atomic mass is 16.4. The lowest BCUT2D eigenvalue weighted by Crippen LogP contribution is -2.19. The predicted octanol–water partition coefficient (Wildman–Crippen LogP) is 2.47. The molecule has 0 saturated heterocycles. The molecule has 0 aliphatic heterocycles. The molecule has 0 unspecified atom stereocenters. The van der Waals surface area contributed by atoms with Crippen LogP contribution in [-0.4, -0.2) is 39.3 Å². The zero-order valence-electron chi connectivity index (χ0n) is 13.7. The van der Waals surface area contributed by atoms with Crippen molar-refractivity contribution >= 4 is 11.8 Å². The molecule has 4 atom stereocenters. The average molecular weight is 324 g/mol. The summed E-state index contributed by atoms with van der Waals surface area (Å²) in [5, 5.41) is 28.5. The van der Waals surface area contributed by atoms with Gasteiger partial charge in [-0.2, -0.15) is 0 Å². The van der Waals surface area contributed by atoms with Crippen LogP contribution in [0.3, 0.4) is 0 Å². The van der Waals surface area contributed by atoms with Crippen LogP contribution in [0.5, 0.6) is 0 Å². The first-order chi connectivity index (χ1) is 11.0. The molecule has 0 aromatic rings. The topological polar surface area (TPSA) is 94.8 Å². The van der Waals surface area contributed by atoms with Crippen molar-refractivity contribution < 1.29 is 24.9 Å². The molecule has 0 aromatic carbocycles. The van der Waals surface area contributed by atoms with E-state index in [1.807, 2.05) is 19.1 Å². The second kappa shape index (κ2) is 10.3. The van der Waals surface area contributed by atoms with Crippen LogP contribution in [0.25, 0.3) is 0 Å². The zero-order chi connectivity index (χ0) is 17.2. The number of allylic oxidation sites excluding steroid dienone is 3. The summed E-state index contributed by atoms with van der Waals surface area (Å²) in [7, 11) is 0. The third kappa shape index (κ3) is 7.10. The maximum absolute atomic E-state index is 12.0. The Morgan fingerprint density at radius 2 is 2.09 bits per heavy atom. The van der Waals surface area contributed by atoms with Crippen molar-refractivity contribution in [2.75, 3.05) is 0 Å². The fourth-order valence-electron chi connectivity index (χ4n) is 2.92. The largest absolute Gasteiger partial charge is 0.481 e. The lowest BCUT2D eigenvalue weighted by molar-refractivity contribution is -0.137. The molecule has 5 nitrogen and oxygen atoms in total. The third-order valence-corrected chi connectivity index (χ3v) is 4.23. The molecule has 1 fully saturated rings. The molecule has 23 heavy (non-hydrogen) atoms. The Balaban J connectivity index is 2.48. The number of carboxylic acid groups (broad SMARTS) is 1. The summed E-state index contributed by atoms with van der Waals surface area (Å²) in [6, 6.07) is 0. The van der Waals surface area contributed by atoms with Crippen LogP contribution < -0.4 is 0 Å². The van der Waals surface area contributed by atoms with E-state index in [9.17, 15) is 19.8 Å². The van der Waals surface area contributed by atoms with Crippen LogP contribution in [0.1, 0.15) is 51.9 Å². The molecule has 1 saturated carbocycles. The van der Waals surface area contributed by atoms with E-state index < -0.39 is 18.2 Å². The van der Waals surface area contributed by atoms with Gasteiger partial charge in [0, 0.05) is 24.7 Å². The highest BCUT2D eigenvalue weighted by molar-refractivity contribution is 5.86. The Morgan fingerprint density at radius 3 is 2.74 bits per heavy atom. The van der Waals surface area contributed by atoms with E-state index in [1.165, 1.54) is 0 Å². The molecule has 0 bridgehead atoms. The number of carboxylic acids is 1. The number of ketones is 1. The molecule has 0 spiro atoms. The summed E-state index contributed by atoms with van der Waals surface area (Å²) in [5.41, 5.74) is 0. The lowest BCUT2D eigenvalue weighted by atomic mass is 9.90. The van der Waals surface area contributed by atoms with Gasteiger partial charge in [-0.15, -0.1) is 0 Å². The van der Waals surface area contributed by atoms with E-state index in [0.29, 0.717) is 25.7 Å². The Hall–Kier alpha value is -1.46. The SMILES string of the molecule is CC/C=C\C[C@@H]1[C@H](/C=C/[C@H](O)CCCCC(=O)O)C(=O)C[C@@H]1O. The van der Waals surface area contributed by atoms with Gasteiger partial charge in [-0.25, -0.2) is 0 Å². The minimum atomic E-state index is -0.830. The number of aliphatic carboxylic acids is 1. The molecule has 0 aromatic heterocycles. The second-order valence-corrected chi connectivity index (χ2v) is 6.13. The highest BCUT2D eigenvalue weighted by Crippen LogP contribution is 2.33. The maximum Gasteiger partial charge on any atom is 0.303 e. The van der Waals surface area contributed by atoms with Crippen molar-refractivity contribution in [2.45, 2.75) is 64.1 Å². The molecular weight excluding hydrogens is 296 g/mol. The molecule has 1 rings (SSSR count). The lowest BCUT2D eigenvalue weighted by Gasteiger charge is -2.17. The monoisotopic (exact) mass is 324 g/mol.